The van der Waals surface area contributed by atoms with Crippen LogP contribution in [0.1, 0.15) is 44.2 Å². The van der Waals surface area contributed by atoms with E-state index in [1.807, 2.05) is 20.8 Å². The zero-order valence-electron chi connectivity index (χ0n) is 17.6. The van der Waals surface area contributed by atoms with Gasteiger partial charge in [-0.05, 0) is 35.1 Å². The Bertz CT molecular complexity index is 1130. The topological polar surface area (TPSA) is 78.4 Å². The van der Waals surface area contributed by atoms with Crippen molar-refractivity contribution in [3.8, 4) is 0 Å². The molecule has 0 bridgehead atoms. The van der Waals surface area contributed by atoms with Gasteiger partial charge in [-0.15, -0.1) is 0 Å². The first kappa shape index (κ1) is 23.0. The highest BCUT2D eigenvalue weighted by atomic mass is 35.5. The monoisotopic (exact) mass is 482 g/mol. The maximum atomic E-state index is 15.3. The van der Waals surface area contributed by atoms with Gasteiger partial charge >= 0.3 is 5.97 Å². The number of carboxylic acid groups (broad SMARTS) is 1. The van der Waals surface area contributed by atoms with Crippen molar-refractivity contribution in [2.24, 2.45) is 5.41 Å². The second-order valence-electron chi connectivity index (χ2n) is 9.53. The number of carboxylic acids is 1. The Morgan fingerprint density at radius 3 is 2.41 bits per heavy atom. The number of halogens is 4. The molecular formula is C23H22Cl2F2N2O3. The van der Waals surface area contributed by atoms with Crippen LogP contribution in [0.5, 0.6) is 0 Å². The fraction of sp³-hybridized carbons (Fsp3) is 0.391. The van der Waals surface area contributed by atoms with Gasteiger partial charge < -0.3 is 10.4 Å². The van der Waals surface area contributed by atoms with Gasteiger partial charge in [-0.25, -0.2) is 8.78 Å². The summed E-state index contributed by atoms with van der Waals surface area (Å²) in [7, 11) is 0. The van der Waals surface area contributed by atoms with Crippen LogP contribution >= 0.6 is 23.2 Å². The number of anilines is 1. The molecule has 4 atom stereocenters. The number of fused-ring (bicyclic) bond motifs is 2. The smallest absolute Gasteiger partial charge is 0.321 e. The lowest BCUT2D eigenvalue weighted by Gasteiger charge is -2.37. The van der Waals surface area contributed by atoms with Gasteiger partial charge in [0, 0.05) is 12.0 Å². The first-order valence-corrected chi connectivity index (χ1v) is 10.9. The van der Waals surface area contributed by atoms with Crippen LogP contribution in [0.2, 0.25) is 10.0 Å². The number of benzene rings is 2. The van der Waals surface area contributed by atoms with E-state index in [-0.39, 0.29) is 32.3 Å². The van der Waals surface area contributed by atoms with Crippen molar-refractivity contribution in [1.82, 2.24) is 5.32 Å². The SMILES string of the molecule is CC(C)(C)C[C@@H]1N[C@@H](C(=O)O)[C@@H](c2cccc(Cl)c2F)C12C(=O)Nc1c2ccc(Cl)c1F. The van der Waals surface area contributed by atoms with Gasteiger partial charge in [0.25, 0.3) is 0 Å². The van der Waals surface area contributed by atoms with Gasteiger partial charge in [0.05, 0.1) is 15.7 Å². The second-order valence-corrected chi connectivity index (χ2v) is 10.3. The number of nitrogens with one attached hydrogen (secondary N) is 2. The van der Waals surface area contributed by atoms with E-state index in [4.69, 9.17) is 23.2 Å². The molecule has 0 radical (unpaired) electrons. The number of carbonyl (C=O) groups excluding carboxylic acids is 1. The van der Waals surface area contributed by atoms with Gasteiger partial charge in [0.15, 0.2) is 5.82 Å². The molecule has 1 unspecified atom stereocenters. The van der Waals surface area contributed by atoms with Gasteiger partial charge in [0.1, 0.15) is 17.3 Å². The Morgan fingerprint density at radius 2 is 1.78 bits per heavy atom. The van der Waals surface area contributed by atoms with Gasteiger partial charge in [-0.3, -0.25) is 14.9 Å². The first-order valence-electron chi connectivity index (χ1n) is 10.1. The van der Waals surface area contributed by atoms with Crippen LogP contribution in [0, 0.1) is 17.0 Å². The number of hydrogen-bond acceptors (Lipinski definition) is 3. The molecule has 9 heteroatoms. The summed E-state index contributed by atoms with van der Waals surface area (Å²) < 4.78 is 30.2. The lowest BCUT2D eigenvalue weighted by Crippen LogP contribution is -2.49. The Labute approximate surface area is 194 Å². The fourth-order valence-corrected chi connectivity index (χ4v) is 5.51. The minimum atomic E-state index is -1.59. The van der Waals surface area contributed by atoms with Crippen LogP contribution in [-0.2, 0) is 15.0 Å². The molecule has 0 aliphatic carbocycles. The minimum absolute atomic E-state index is 0.0211. The summed E-state index contributed by atoms with van der Waals surface area (Å²) in [5, 5.41) is 15.3. The third-order valence-corrected chi connectivity index (χ3v) is 6.89. The van der Waals surface area contributed by atoms with Crippen molar-refractivity contribution in [3.63, 3.8) is 0 Å². The highest BCUT2D eigenvalue weighted by Crippen LogP contribution is 2.57. The average Bonchev–Trinajstić information content (AvgIpc) is 3.17. The molecule has 0 saturated carbocycles. The largest absolute Gasteiger partial charge is 0.480 e. The molecule has 1 saturated heterocycles. The Morgan fingerprint density at radius 1 is 1.12 bits per heavy atom. The predicted molar refractivity (Wildman–Crippen MR) is 118 cm³/mol. The molecule has 1 amide bonds. The quantitative estimate of drug-likeness (QED) is 0.568. The number of carbonyl (C=O) groups is 2. The summed E-state index contributed by atoms with van der Waals surface area (Å²) in [5.41, 5.74) is -1.81. The van der Waals surface area contributed by atoms with E-state index in [9.17, 15) is 19.1 Å². The summed E-state index contributed by atoms with van der Waals surface area (Å²) in [6.45, 7) is 5.84. The molecular weight excluding hydrogens is 461 g/mol. The van der Waals surface area contributed by atoms with Crippen molar-refractivity contribution in [3.05, 3.63) is 63.1 Å². The predicted octanol–water partition coefficient (Wildman–Crippen LogP) is 5.11. The van der Waals surface area contributed by atoms with E-state index in [1.54, 1.807) is 0 Å². The molecule has 170 valence electrons. The third kappa shape index (κ3) is 3.29. The number of hydrogen-bond donors (Lipinski definition) is 3. The van der Waals surface area contributed by atoms with Crippen LogP contribution in [0.4, 0.5) is 14.5 Å². The van der Waals surface area contributed by atoms with Crippen LogP contribution < -0.4 is 10.6 Å². The molecule has 32 heavy (non-hydrogen) atoms. The van der Waals surface area contributed by atoms with Gasteiger partial charge in [0.2, 0.25) is 5.91 Å². The first-order chi connectivity index (χ1) is 14.9. The van der Waals surface area contributed by atoms with Crippen LogP contribution in [-0.4, -0.2) is 29.1 Å². The highest BCUT2D eigenvalue weighted by molar-refractivity contribution is 6.31. The molecule has 2 aliphatic rings. The van der Waals surface area contributed by atoms with Crippen molar-refractivity contribution < 1.29 is 23.5 Å². The standard InChI is InChI=1S/C23H22Cl2F2N2O3/c1-22(2,3)9-14-23(11-7-8-13(25)17(27)18(11)29-21(23)32)15(19(28-14)20(30)31)10-5-4-6-12(24)16(10)26/h4-8,14-15,19,28H,9H2,1-3H3,(H,29,32)(H,30,31)/t14-,15+,19+,23?/m0/s1. The summed E-state index contributed by atoms with van der Waals surface area (Å²) in [5.74, 6) is -4.66. The van der Waals surface area contributed by atoms with Crippen LogP contribution in [0.25, 0.3) is 0 Å². The van der Waals surface area contributed by atoms with Gasteiger partial charge in [-0.1, -0.05) is 62.2 Å². The van der Waals surface area contributed by atoms with E-state index >= 15 is 4.39 Å². The average molecular weight is 483 g/mol. The van der Waals surface area contributed by atoms with Gasteiger partial charge in [-0.2, -0.15) is 0 Å². The molecule has 1 fully saturated rings. The lowest BCUT2D eigenvalue weighted by atomic mass is 9.62. The molecule has 0 aromatic heterocycles. The molecule has 2 aromatic rings. The number of aliphatic carboxylic acids is 1. The zero-order valence-corrected chi connectivity index (χ0v) is 19.1. The summed E-state index contributed by atoms with van der Waals surface area (Å²) in [6, 6.07) is 5.06. The Hall–Kier alpha value is -2.22. The fourth-order valence-electron chi connectivity index (χ4n) is 5.17. The molecule has 2 aliphatic heterocycles. The van der Waals surface area contributed by atoms with Crippen molar-refractivity contribution in [1.29, 1.82) is 0 Å². The van der Waals surface area contributed by atoms with Crippen molar-refractivity contribution >= 4 is 40.8 Å². The molecule has 4 rings (SSSR count). The van der Waals surface area contributed by atoms with E-state index in [1.165, 1.54) is 30.3 Å². The molecule has 3 N–H and O–H groups in total. The Balaban J connectivity index is 2.07. The van der Waals surface area contributed by atoms with Crippen molar-refractivity contribution in [2.45, 2.75) is 50.6 Å². The second kappa shape index (κ2) is 7.68. The maximum Gasteiger partial charge on any atom is 0.321 e. The normalized spacial score (nSPS) is 27.0. The summed E-state index contributed by atoms with van der Waals surface area (Å²) in [6.07, 6.45) is 0.368. The summed E-state index contributed by atoms with van der Waals surface area (Å²) in [4.78, 5) is 26.0. The maximum absolute atomic E-state index is 15.3. The molecule has 5 nitrogen and oxygen atoms in total. The van der Waals surface area contributed by atoms with Crippen LogP contribution in [0.15, 0.2) is 30.3 Å². The minimum Gasteiger partial charge on any atom is -0.480 e. The van der Waals surface area contributed by atoms with E-state index in [0.29, 0.717) is 6.42 Å². The third-order valence-electron chi connectivity index (χ3n) is 6.31. The molecule has 2 aromatic carbocycles. The zero-order chi connectivity index (χ0) is 23.6. The highest BCUT2D eigenvalue weighted by Gasteiger charge is 2.66. The molecule has 1 spiro atoms. The van der Waals surface area contributed by atoms with Crippen molar-refractivity contribution in [2.75, 3.05) is 5.32 Å². The van der Waals surface area contributed by atoms with E-state index in [2.05, 4.69) is 10.6 Å². The summed E-state index contributed by atoms with van der Waals surface area (Å²) >= 11 is 12.0. The number of rotatable bonds is 3. The molecule has 2 heterocycles. The number of amides is 1. The lowest BCUT2D eigenvalue weighted by molar-refractivity contribution is -0.139. The van der Waals surface area contributed by atoms with E-state index < -0.39 is 46.9 Å². The van der Waals surface area contributed by atoms with E-state index in [0.717, 1.165) is 0 Å². The Kier molecular flexibility index (Phi) is 5.51. The van der Waals surface area contributed by atoms with Crippen LogP contribution in [0.3, 0.4) is 0 Å².